The van der Waals surface area contributed by atoms with Crippen molar-refractivity contribution < 1.29 is 28.6 Å². The monoisotopic (exact) mass is 1120 g/mol. The summed E-state index contributed by atoms with van der Waals surface area (Å²) >= 11 is 0. The van der Waals surface area contributed by atoms with Crippen molar-refractivity contribution in [1.82, 2.24) is 0 Å². The average Bonchev–Trinajstić information content (AvgIpc) is 3.46. The average molecular weight is 1120 g/mol. The predicted octanol–water partition coefficient (Wildman–Crippen LogP) is 24.1. The Kier molecular flexibility index (Phi) is 65.7. The van der Waals surface area contributed by atoms with Crippen molar-refractivity contribution in [1.29, 1.82) is 0 Å². The molecular weight excluding hydrogens is 985 g/mol. The zero-order chi connectivity index (χ0) is 57.8. The van der Waals surface area contributed by atoms with Crippen LogP contribution in [0.3, 0.4) is 0 Å². The van der Waals surface area contributed by atoms with E-state index in [1.165, 1.54) is 238 Å². The van der Waals surface area contributed by atoms with Crippen molar-refractivity contribution in [3.63, 3.8) is 0 Å². The molecule has 1 unspecified atom stereocenters. The van der Waals surface area contributed by atoms with Crippen molar-refractivity contribution in [2.24, 2.45) is 0 Å². The molecule has 0 aromatic rings. The van der Waals surface area contributed by atoms with Crippen LogP contribution in [0.4, 0.5) is 0 Å². The molecule has 80 heavy (non-hydrogen) atoms. The van der Waals surface area contributed by atoms with E-state index < -0.39 is 6.10 Å². The van der Waals surface area contributed by atoms with E-state index in [0.717, 1.165) is 77.0 Å². The number of hydrogen-bond donors (Lipinski definition) is 0. The number of esters is 3. The van der Waals surface area contributed by atoms with Crippen LogP contribution >= 0.6 is 0 Å². The Morgan fingerprint density at radius 1 is 0.263 bits per heavy atom. The van der Waals surface area contributed by atoms with Gasteiger partial charge >= 0.3 is 17.9 Å². The van der Waals surface area contributed by atoms with Gasteiger partial charge in [0.25, 0.3) is 0 Å². The van der Waals surface area contributed by atoms with Gasteiger partial charge in [-0.15, -0.1) is 0 Å². The fourth-order valence-electron chi connectivity index (χ4n) is 10.2. The molecule has 0 rings (SSSR count). The van der Waals surface area contributed by atoms with E-state index in [2.05, 4.69) is 93.7 Å². The molecule has 0 saturated carbocycles. The summed E-state index contributed by atoms with van der Waals surface area (Å²) in [4.78, 5) is 38.4. The summed E-state index contributed by atoms with van der Waals surface area (Å²) in [5, 5.41) is 0. The first-order valence-electron chi connectivity index (χ1n) is 34.9. The topological polar surface area (TPSA) is 78.9 Å². The number of allylic oxidation sites excluding steroid dienone is 12. The molecule has 0 aliphatic rings. The second kappa shape index (κ2) is 68.3. The first-order chi connectivity index (χ1) is 39.5. The van der Waals surface area contributed by atoms with E-state index in [4.69, 9.17) is 14.2 Å². The van der Waals surface area contributed by atoms with Crippen molar-refractivity contribution in [2.45, 2.75) is 367 Å². The summed E-state index contributed by atoms with van der Waals surface area (Å²) in [5.74, 6) is -0.940. The molecule has 0 spiro atoms. The Bertz CT molecular complexity index is 1470. The number of hydrogen-bond acceptors (Lipinski definition) is 6. The van der Waals surface area contributed by atoms with Gasteiger partial charge in [-0.05, 0) is 83.5 Å². The Morgan fingerprint density at radius 3 is 0.812 bits per heavy atom. The fraction of sp³-hybridized carbons (Fsp3) is 0.797. The molecule has 1 atom stereocenters. The Balaban J connectivity index is 4.29. The zero-order valence-corrected chi connectivity index (χ0v) is 53.3. The molecular formula is C74H132O6. The molecule has 0 bridgehead atoms. The van der Waals surface area contributed by atoms with Gasteiger partial charge in [-0.3, -0.25) is 14.4 Å². The van der Waals surface area contributed by atoms with E-state index >= 15 is 0 Å². The third kappa shape index (κ3) is 65.7. The first kappa shape index (κ1) is 76.9. The van der Waals surface area contributed by atoms with Crippen LogP contribution in [0.25, 0.3) is 0 Å². The minimum Gasteiger partial charge on any atom is -0.462 e. The summed E-state index contributed by atoms with van der Waals surface area (Å²) in [6, 6.07) is 0. The lowest BCUT2D eigenvalue weighted by Gasteiger charge is -2.18. The largest absolute Gasteiger partial charge is 0.462 e. The summed E-state index contributed by atoms with van der Waals surface area (Å²) in [5.41, 5.74) is 0. The highest BCUT2D eigenvalue weighted by Gasteiger charge is 2.19. The van der Waals surface area contributed by atoms with Crippen LogP contribution in [0, 0.1) is 0 Å². The number of carbonyl (C=O) groups excluding carboxylic acids is 3. The number of unbranched alkanes of at least 4 members (excludes halogenated alkanes) is 41. The van der Waals surface area contributed by atoms with E-state index in [9.17, 15) is 14.4 Å². The molecule has 0 aliphatic heterocycles. The number of ether oxygens (including phenoxy) is 3. The number of carbonyl (C=O) groups is 3. The smallest absolute Gasteiger partial charge is 0.306 e. The summed E-state index contributed by atoms with van der Waals surface area (Å²) < 4.78 is 16.9. The molecule has 0 amide bonds. The standard InChI is InChI=1S/C74H132O6/c1-4-7-10-13-16-19-22-25-28-31-32-33-34-35-36-37-38-39-40-41-44-46-49-52-55-58-61-64-67-73(76)79-70-71(80-74(77)68-65-62-59-56-53-50-47-43-30-27-24-21-18-15-12-9-6-3)69-78-72(75)66-63-60-57-54-51-48-45-42-29-26-23-20-17-14-11-8-5-2/h9,12,18,21,26-27,29-30,47,50,56,59,71H,4-8,10-11,13-17,19-20,22-25,28,31-46,48-49,51-55,57-58,60-70H2,1-3H3/b12-9-,21-18-,29-26-,30-27-,50-47-,59-56-. The van der Waals surface area contributed by atoms with Crippen LogP contribution in [-0.2, 0) is 28.6 Å². The van der Waals surface area contributed by atoms with Crippen LogP contribution in [0.1, 0.15) is 361 Å². The molecule has 0 radical (unpaired) electrons. The van der Waals surface area contributed by atoms with E-state index in [-0.39, 0.29) is 37.5 Å². The molecule has 464 valence electrons. The van der Waals surface area contributed by atoms with Gasteiger partial charge < -0.3 is 14.2 Å². The van der Waals surface area contributed by atoms with Gasteiger partial charge in [0.2, 0.25) is 0 Å². The molecule has 6 heteroatoms. The maximum absolute atomic E-state index is 12.9. The molecule has 0 heterocycles. The minimum atomic E-state index is -0.807. The van der Waals surface area contributed by atoms with Crippen LogP contribution in [0.5, 0.6) is 0 Å². The predicted molar refractivity (Wildman–Crippen MR) is 348 cm³/mol. The molecule has 6 nitrogen and oxygen atoms in total. The SMILES string of the molecule is CC/C=C\C/C=C\C/C=C\C/C=C\C/C=C\CCCC(=O)OC(COC(=O)CCCCCCCCC/C=C\CCCCCCCC)COC(=O)CCCCCCCCCCCCCCCCCCCCCCCCCCCCCC. The van der Waals surface area contributed by atoms with Gasteiger partial charge in [0.15, 0.2) is 6.10 Å². The van der Waals surface area contributed by atoms with Gasteiger partial charge in [-0.25, -0.2) is 0 Å². The van der Waals surface area contributed by atoms with Crippen molar-refractivity contribution in [3.8, 4) is 0 Å². The molecule has 0 saturated heterocycles. The lowest BCUT2D eigenvalue weighted by atomic mass is 10.0. The third-order valence-corrected chi connectivity index (χ3v) is 15.4. The Hall–Kier alpha value is -3.15. The minimum absolute atomic E-state index is 0.0962. The van der Waals surface area contributed by atoms with Gasteiger partial charge in [0.1, 0.15) is 13.2 Å². The fourth-order valence-corrected chi connectivity index (χ4v) is 10.2. The number of rotatable bonds is 64. The van der Waals surface area contributed by atoms with Gasteiger partial charge in [-0.1, -0.05) is 331 Å². The van der Waals surface area contributed by atoms with Crippen molar-refractivity contribution >= 4 is 17.9 Å². The summed E-state index contributed by atoms with van der Waals surface area (Å²) in [6.45, 7) is 6.53. The van der Waals surface area contributed by atoms with Crippen LogP contribution < -0.4 is 0 Å². The highest BCUT2D eigenvalue weighted by atomic mass is 16.6. The Morgan fingerprint density at radius 2 is 0.500 bits per heavy atom. The van der Waals surface area contributed by atoms with Crippen LogP contribution in [0.15, 0.2) is 72.9 Å². The van der Waals surface area contributed by atoms with Gasteiger partial charge in [-0.2, -0.15) is 0 Å². The third-order valence-electron chi connectivity index (χ3n) is 15.4. The Labute approximate surface area is 497 Å². The van der Waals surface area contributed by atoms with Gasteiger partial charge in [0.05, 0.1) is 0 Å². The molecule has 0 aromatic carbocycles. The molecule has 0 aromatic heterocycles. The lowest BCUT2D eigenvalue weighted by molar-refractivity contribution is -0.167. The van der Waals surface area contributed by atoms with E-state index in [1.807, 2.05) is 0 Å². The maximum Gasteiger partial charge on any atom is 0.306 e. The van der Waals surface area contributed by atoms with E-state index in [0.29, 0.717) is 19.3 Å². The summed E-state index contributed by atoms with van der Waals surface area (Å²) in [7, 11) is 0. The van der Waals surface area contributed by atoms with E-state index in [1.54, 1.807) is 0 Å². The molecule has 0 aliphatic carbocycles. The zero-order valence-electron chi connectivity index (χ0n) is 53.3. The van der Waals surface area contributed by atoms with Gasteiger partial charge in [0, 0.05) is 19.3 Å². The molecule has 0 fully saturated rings. The normalized spacial score (nSPS) is 12.5. The lowest BCUT2D eigenvalue weighted by Crippen LogP contribution is -2.30. The molecule has 0 N–H and O–H groups in total. The highest BCUT2D eigenvalue weighted by molar-refractivity contribution is 5.71. The van der Waals surface area contributed by atoms with Crippen molar-refractivity contribution in [3.05, 3.63) is 72.9 Å². The maximum atomic E-state index is 12.9. The second-order valence-corrected chi connectivity index (χ2v) is 23.4. The van der Waals surface area contributed by atoms with Crippen LogP contribution in [-0.4, -0.2) is 37.2 Å². The van der Waals surface area contributed by atoms with Crippen molar-refractivity contribution in [2.75, 3.05) is 13.2 Å². The summed E-state index contributed by atoms with van der Waals surface area (Å²) in [6.07, 6.45) is 89.4. The first-order valence-corrected chi connectivity index (χ1v) is 34.9. The second-order valence-electron chi connectivity index (χ2n) is 23.4. The van der Waals surface area contributed by atoms with Crippen LogP contribution in [0.2, 0.25) is 0 Å². The highest BCUT2D eigenvalue weighted by Crippen LogP contribution is 2.18. The quantitative estimate of drug-likeness (QED) is 0.0261.